The van der Waals surface area contributed by atoms with Crippen molar-refractivity contribution in [3.63, 3.8) is 0 Å². The Morgan fingerprint density at radius 2 is 1.84 bits per heavy atom. The van der Waals surface area contributed by atoms with Crippen LogP contribution in [0.5, 0.6) is 0 Å². The fourth-order valence-electron chi connectivity index (χ4n) is 3.51. The number of piperidine rings is 1. The first-order chi connectivity index (χ1) is 9.25. The Bertz CT molecular complexity index is 438. The molecule has 3 heterocycles. The second-order valence-electron chi connectivity index (χ2n) is 6.03. The van der Waals surface area contributed by atoms with Gasteiger partial charge >= 0.3 is 0 Å². The lowest BCUT2D eigenvalue weighted by molar-refractivity contribution is 0.316. The van der Waals surface area contributed by atoms with Crippen molar-refractivity contribution in [1.29, 1.82) is 0 Å². The van der Waals surface area contributed by atoms with Gasteiger partial charge in [-0.05, 0) is 64.3 Å². The second kappa shape index (κ2) is 5.49. The zero-order valence-electron chi connectivity index (χ0n) is 12.2. The van der Waals surface area contributed by atoms with Gasteiger partial charge in [-0.15, -0.1) is 0 Å². The molecule has 0 saturated carbocycles. The van der Waals surface area contributed by atoms with Crippen LogP contribution in [-0.2, 0) is 0 Å². The van der Waals surface area contributed by atoms with E-state index in [4.69, 9.17) is 4.98 Å². The SMILES string of the molecule is Cc1nc(N2CCCCC2)ccc1C1CCCN1C. The highest BCUT2D eigenvalue weighted by atomic mass is 15.2. The molecule has 1 unspecified atom stereocenters. The summed E-state index contributed by atoms with van der Waals surface area (Å²) in [5.74, 6) is 1.18. The van der Waals surface area contributed by atoms with Crippen molar-refractivity contribution in [3.05, 3.63) is 23.4 Å². The van der Waals surface area contributed by atoms with Gasteiger partial charge in [-0.1, -0.05) is 6.07 Å². The minimum atomic E-state index is 0.586. The number of anilines is 1. The molecule has 2 aliphatic heterocycles. The number of rotatable bonds is 2. The summed E-state index contributed by atoms with van der Waals surface area (Å²) in [4.78, 5) is 9.78. The van der Waals surface area contributed by atoms with E-state index < -0.39 is 0 Å². The molecule has 104 valence electrons. The Hall–Kier alpha value is -1.09. The van der Waals surface area contributed by atoms with Crippen LogP contribution in [-0.4, -0.2) is 36.6 Å². The zero-order chi connectivity index (χ0) is 13.2. The van der Waals surface area contributed by atoms with Crippen molar-refractivity contribution >= 4 is 5.82 Å². The van der Waals surface area contributed by atoms with E-state index in [1.807, 2.05) is 0 Å². The third-order valence-electron chi connectivity index (χ3n) is 4.67. The monoisotopic (exact) mass is 259 g/mol. The van der Waals surface area contributed by atoms with E-state index in [-0.39, 0.29) is 0 Å². The minimum absolute atomic E-state index is 0.586. The molecular weight excluding hydrogens is 234 g/mol. The summed E-state index contributed by atoms with van der Waals surface area (Å²) < 4.78 is 0. The lowest BCUT2D eigenvalue weighted by Gasteiger charge is -2.29. The summed E-state index contributed by atoms with van der Waals surface area (Å²) in [6.45, 7) is 5.75. The molecule has 2 saturated heterocycles. The van der Waals surface area contributed by atoms with Gasteiger partial charge in [0.05, 0.1) is 0 Å². The van der Waals surface area contributed by atoms with Gasteiger partial charge in [-0.25, -0.2) is 4.98 Å². The number of nitrogens with zero attached hydrogens (tertiary/aromatic N) is 3. The number of pyridine rings is 1. The molecule has 0 spiro atoms. The maximum atomic E-state index is 4.88. The molecule has 19 heavy (non-hydrogen) atoms. The maximum absolute atomic E-state index is 4.88. The van der Waals surface area contributed by atoms with Gasteiger partial charge in [0, 0.05) is 24.8 Å². The van der Waals surface area contributed by atoms with Gasteiger partial charge in [-0.3, -0.25) is 4.90 Å². The molecule has 3 nitrogen and oxygen atoms in total. The van der Waals surface area contributed by atoms with Crippen molar-refractivity contribution in [1.82, 2.24) is 9.88 Å². The molecule has 0 bridgehead atoms. The van der Waals surface area contributed by atoms with E-state index in [2.05, 4.69) is 35.9 Å². The Morgan fingerprint density at radius 3 is 2.47 bits per heavy atom. The van der Waals surface area contributed by atoms with Crippen LogP contribution in [0.3, 0.4) is 0 Å². The van der Waals surface area contributed by atoms with E-state index in [1.54, 1.807) is 0 Å². The molecule has 0 radical (unpaired) electrons. The lowest BCUT2D eigenvalue weighted by atomic mass is 10.0. The van der Waals surface area contributed by atoms with Gasteiger partial charge in [0.15, 0.2) is 0 Å². The van der Waals surface area contributed by atoms with Crippen LogP contribution in [0.1, 0.15) is 49.4 Å². The molecule has 2 fully saturated rings. The predicted molar refractivity (Wildman–Crippen MR) is 79.6 cm³/mol. The molecule has 3 rings (SSSR count). The molecular formula is C16H25N3. The zero-order valence-corrected chi connectivity index (χ0v) is 12.2. The van der Waals surface area contributed by atoms with Crippen LogP contribution in [0.15, 0.2) is 12.1 Å². The average Bonchev–Trinajstić information content (AvgIpc) is 2.86. The summed E-state index contributed by atoms with van der Waals surface area (Å²) in [5, 5.41) is 0. The van der Waals surface area contributed by atoms with Crippen LogP contribution >= 0.6 is 0 Å². The number of hydrogen-bond donors (Lipinski definition) is 0. The first-order valence-corrected chi connectivity index (χ1v) is 7.68. The fourth-order valence-corrected chi connectivity index (χ4v) is 3.51. The minimum Gasteiger partial charge on any atom is -0.357 e. The summed E-state index contributed by atoms with van der Waals surface area (Å²) >= 11 is 0. The molecule has 1 aromatic heterocycles. The number of hydrogen-bond acceptors (Lipinski definition) is 3. The van der Waals surface area contributed by atoms with Crippen molar-refractivity contribution in [3.8, 4) is 0 Å². The standard InChI is InChI=1S/C16H25N3/c1-13-14(15-7-6-10-18(15)2)8-9-16(17-13)19-11-4-3-5-12-19/h8-9,15H,3-7,10-12H2,1-2H3. The molecule has 0 aliphatic carbocycles. The number of aromatic nitrogens is 1. The van der Waals surface area contributed by atoms with Gasteiger partial charge in [-0.2, -0.15) is 0 Å². The van der Waals surface area contributed by atoms with Gasteiger partial charge < -0.3 is 4.90 Å². The molecule has 3 heteroatoms. The molecule has 1 atom stereocenters. The van der Waals surface area contributed by atoms with Crippen molar-refractivity contribution in [2.24, 2.45) is 0 Å². The fraction of sp³-hybridized carbons (Fsp3) is 0.688. The summed E-state index contributed by atoms with van der Waals surface area (Å²) in [6.07, 6.45) is 6.60. The highest BCUT2D eigenvalue weighted by Crippen LogP contribution is 2.32. The summed E-state index contributed by atoms with van der Waals surface area (Å²) in [7, 11) is 2.23. The largest absolute Gasteiger partial charge is 0.357 e. The van der Waals surface area contributed by atoms with Crippen LogP contribution in [0.25, 0.3) is 0 Å². The van der Waals surface area contributed by atoms with Crippen LogP contribution in [0.4, 0.5) is 5.82 Å². The van der Waals surface area contributed by atoms with Gasteiger partial charge in [0.25, 0.3) is 0 Å². The van der Waals surface area contributed by atoms with E-state index in [1.165, 1.54) is 68.8 Å². The summed E-state index contributed by atoms with van der Waals surface area (Å²) in [6, 6.07) is 5.14. The van der Waals surface area contributed by atoms with Crippen molar-refractivity contribution < 1.29 is 0 Å². The Kier molecular flexibility index (Phi) is 3.74. The molecule has 1 aromatic rings. The van der Waals surface area contributed by atoms with Crippen LogP contribution in [0.2, 0.25) is 0 Å². The van der Waals surface area contributed by atoms with Crippen LogP contribution in [0, 0.1) is 6.92 Å². The van der Waals surface area contributed by atoms with Crippen molar-refractivity contribution in [2.75, 3.05) is 31.6 Å². The highest BCUT2D eigenvalue weighted by molar-refractivity contribution is 5.43. The van der Waals surface area contributed by atoms with E-state index in [0.717, 1.165) is 0 Å². The topological polar surface area (TPSA) is 19.4 Å². The van der Waals surface area contributed by atoms with Gasteiger partial charge in [0.2, 0.25) is 0 Å². The Labute approximate surface area is 116 Å². The van der Waals surface area contributed by atoms with E-state index in [0.29, 0.717) is 6.04 Å². The molecule has 0 amide bonds. The third kappa shape index (κ3) is 2.62. The first kappa shape index (κ1) is 12.9. The normalized spacial score (nSPS) is 24.9. The maximum Gasteiger partial charge on any atom is 0.128 e. The molecule has 0 aromatic carbocycles. The van der Waals surface area contributed by atoms with Gasteiger partial charge in [0.1, 0.15) is 5.82 Å². The highest BCUT2D eigenvalue weighted by Gasteiger charge is 2.24. The first-order valence-electron chi connectivity index (χ1n) is 7.68. The van der Waals surface area contributed by atoms with Crippen molar-refractivity contribution in [2.45, 2.75) is 45.1 Å². The average molecular weight is 259 g/mol. The number of aryl methyl sites for hydroxylation is 1. The third-order valence-corrected chi connectivity index (χ3v) is 4.67. The van der Waals surface area contributed by atoms with E-state index >= 15 is 0 Å². The second-order valence-corrected chi connectivity index (χ2v) is 6.03. The predicted octanol–water partition coefficient (Wildman–Crippen LogP) is 3.15. The molecule has 0 N–H and O–H groups in total. The van der Waals surface area contributed by atoms with E-state index in [9.17, 15) is 0 Å². The number of likely N-dealkylation sites (tertiary alicyclic amines) is 1. The lowest BCUT2D eigenvalue weighted by Crippen LogP contribution is -2.30. The summed E-state index contributed by atoms with van der Waals surface area (Å²) in [5.41, 5.74) is 2.66. The molecule has 2 aliphatic rings. The Morgan fingerprint density at radius 1 is 1.05 bits per heavy atom. The van der Waals surface area contributed by atoms with Crippen LogP contribution < -0.4 is 4.90 Å². The smallest absolute Gasteiger partial charge is 0.128 e. The Balaban J connectivity index is 1.81. The quantitative estimate of drug-likeness (QED) is 0.813.